The van der Waals surface area contributed by atoms with Gasteiger partial charge in [-0.15, -0.1) is 0 Å². The Balaban J connectivity index is 3.12. The van der Waals surface area contributed by atoms with Gasteiger partial charge in [0.25, 0.3) is 0 Å². The van der Waals surface area contributed by atoms with E-state index in [1.165, 1.54) is 0 Å². The van der Waals surface area contributed by atoms with Crippen molar-refractivity contribution in [2.45, 2.75) is 26.7 Å². The number of likely N-dealkylation sites (N-methyl/N-ethyl adjacent to an activating group) is 1. The molecule has 2 N–H and O–H groups in total. The Bertz CT molecular complexity index is 321. The van der Waals surface area contributed by atoms with Gasteiger partial charge < -0.3 is 34.3 Å². The van der Waals surface area contributed by atoms with E-state index in [2.05, 4.69) is 17.6 Å². The lowest BCUT2D eigenvalue weighted by Crippen LogP contribution is -2.32. The molecular weight excluding hydrogens is 352 g/mol. The molecule has 0 bridgehead atoms. The van der Waals surface area contributed by atoms with Gasteiger partial charge in [0.15, 0.2) is 0 Å². The molecule has 8 nitrogen and oxygen atoms in total. The standard InChI is InChI=1S/C19H40N2O6/c1-4-5-18(2)19(22)21-7-9-24-11-13-26-15-17-27-16-14-25-12-10-23-8-6-20-3/h18,20H,4-17H2,1-3H3,(H,21,22). The molecule has 0 saturated heterocycles. The van der Waals surface area contributed by atoms with Gasteiger partial charge in [-0.05, 0) is 13.5 Å². The van der Waals surface area contributed by atoms with Crippen LogP contribution >= 0.6 is 0 Å². The van der Waals surface area contributed by atoms with E-state index in [0.717, 1.165) is 19.4 Å². The van der Waals surface area contributed by atoms with Gasteiger partial charge in [0, 0.05) is 19.0 Å². The molecule has 0 spiro atoms. The Labute approximate surface area is 164 Å². The van der Waals surface area contributed by atoms with Crippen molar-refractivity contribution in [3.63, 3.8) is 0 Å². The number of rotatable bonds is 21. The third-order valence-electron chi connectivity index (χ3n) is 3.70. The molecule has 0 aliphatic rings. The van der Waals surface area contributed by atoms with E-state index >= 15 is 0 Å². The van der Waals surface area contributed by atoms with E-state index in [0.29, 0.717) is 72.6 Å². The third-order valence-corrected chi connectivity index (χ3v) is 3.70. The minimum Gasteiger partial charge on any atom is -0.378 e. The van der Waals surface area contributed by atoms with Crippen molar-refractivity contribution in [1.82, 2.24) is 10.6 Å². The summed E-state index contributed by atoms with van der Waals surface area (Å²) in [4.78, 5) is 11.7. The first-order chi connectivity index (χ1) is 13.2. The van der Waals surface area contributed by atoms with Crippen LogP contribution in [-0.2, 0) is 28.5 Å². The van der Waals surface area contributed by atoms with Crippen LogP contribution in [0.2, 0.25) is 0 Å². The maximum absolute atomic E-state index is 11.7. The lowest BCUT2D eigenvalue weighted by molar-refractivity contribution is -0.124. The minimum absolute atomic E-state index is 0.0698. The molecule has 162 valence electrons. The molecule has 0 rings (SSSR count). The molecule has 27 heavy (non-hydrogen) atoms. The second-order valence-electron chi connectivity index (χ2n) is 6.15. The molecule has 0 fully saturated rings. The van der Waals surface area contributed by atoms with Crippen molar-refractivity contribution in [2.75, 3.05) is 86.2 Å². The number of hydrogen-bond acceptors (Lipinski definition) is 7. The fourth-order valence-electron chi connectivity index (χ4n) is 2.14. The van der Waals surface area contributed by atoms with Gasteiger partial charge in [0.1, 0.15) is 0 Å². The first kappa shape index (κ1) is 26.2. The van der Waals surface area contributed by atoms with Crippen LogP contribution in [0.3, 0.4) is 0 Å². The Hall–Kier alpha value is -0.770. The van der Waals surface area contributed by atoms with E-state index in [1.807, 2.05) is 14.0 Å². The number of carbonyl (C=O) groups excluding carboxylic acids is 1. The van der Waals surface area contributed by atoms with Crippen LogP contribution in [0.1, 0.15) is 26.7 Å². The average Bonchev–Trinajstić information content (AvgIpc) is 2.67. The summed E-state index contributed by atoms with van der Waals surface area (Å²) >= 11 is 0. The quantitative estimate of drug-likeness (QED) is 0.280. The summed E-state index contributed by atoms with van der Waals surface area (Å²) in [6.45, 7) is 11.0. The zero-order chi connectivity index (χ0) is 20.0. The highest BCUT2D eigenvalue weighted by molar-refractivity contribution is 5.78. The average molecular weight is 393 g/mol. The Morgan fingerprint density at radius 2 is 1.15 bits per heavy atom. The molecule has 8 heteroatoms. The first-order valence-corrected chi connectivity index (χ1v) is 10.0. The predicted molar refractivity (Wildman–Crippen MR) is 105 cm³/mol. The highest BCUT2D eigenvalue weighted by Crippen LogP contribution is 2.03. The summed E-state index contributed by atoms with van der Waals surface area (Å²) in [6.07, 6.45) is 1.94. The first-order valence-electron chi connectivity index (χ1n) is 10.0. The molecule has 0 aliphatic heterocycles. The van der Waals surface area contributed by atoms with Crippen molar-refractivity contribution in [1.29, 1.82) is 0 Å². The highest BCUT2D eigenvalue weighted by Gasteiger charge is 2.10. The van der Waals surface area contributed by atoms with Gasteiger partial charge in [-0.2, -0.15) is 0 Å². The number of nitrogens with one attached hydrogen (secondary N) is 2. The third kappa shape index (κ3) is 19.8. The molecule has 0 aromatic heterocycles. The highest BCUT2D eigenvalue weighted by atomic mass is 16.6. The van der Waals surface area contributed by atoms with Crippen LogP contribution in [0.5, 0.6) is 0 Å². The van der Waals surface area contributed by atoms with Crippen LogP contribution in [-0.4, -0.2) is 92.1 Å². The molecule has 0 aromatic rings. The van der Waals surface area contributed by atoms with Crippen LogP contribution in [0, 0.1) is 5.92 Å². The van der Waals surface area contributed by atoms with Crippen LogP contribution in [0.4, 0.5) is 0 Å². The van der Waals surface area contributed by atoms with E-state index in [1.54, 1.807) is 0 Å². The van der Waals surface area contributed by atoms with Crippen molar-refractivity contribution in [2.24, 2.45) is 5.92 Å². The molecule has 0 saturated carbocycles. The summed E-state index contributed by atoms with van der Waals surface area (Å²) in [7, 11) is 1.89. The normalized spacial score (nSPS) is 12.3. The van der Waals surface area contributed by atoms with Gasteiger partial charge in [-0.1, -0.05) is 20.3 Å². The fraction of sp³-hybridized carbons (Fsp3) is 0.947. The molecule has 1 unspecified atom stereocenters. The van der Waals surface area contributed by atoms with Crippen LogP contribution in [0.25, 0.3) is 0 Å². The summed E-state index contributed by atoms with van der Waals surface area (Å²) in [5.41, 5.74) is 0. The smallest absolute Gasteiger partial charge is 0.222 e. The van der Waals surface area contributed by atoms with Gasteiger partial charge in [0.05, 0.1) is 66.1 Å². The van der Waals surface area contributed by atoms with Crippen molar-refractivity contribution in [3.05, 3.63) is 0 Å². The summed E-state index contributed by atoms with van der Waals surface area (Å²) in [6, 6.07) is 0. The lowest BCUT2D eigenvalue weighted by Gasteiger charge is -2.11. The van der Waals surface area contributed by atoms with Gasteiger partial charge in [-0.25, -0.2) is 0 Å². The van der Waals surface area contributed by atoms with E-state index in [9.17, 15) is 4.79 Å². The van der Waals surface area contributed by atoms with Gasteiger partial charge >= 0.3 is 0 Å². The lowest BCUT2D eigenvalue weighted by atomic mass is 10.1. The molecule has 1 amide bonds. The van der Waals surface area contributed by atoms with Crippen molar-refractivity contribution in [3.8, 4) is 0 Å². The number of ether oxygens (including phenoxy) is 5. The number of hydrogen-bond donors (Lipinski definition) is 2. The topological polar surface area (TPSA) is 87.3 Å². The van der Waals surface area contributed by atoms with Gasteiger partial charge in [-0.3, -0.25) is 4.79 Å². The zero-order valence-corrected chi connectivity index (χ0v) is 17.4. The maximum Gasteiger partial charge on any atom is 0.222 e. The Morgan fingerprint density at radius 1 is 0.741 bits per heavy atom. The molecule has 0 aliphatic carbocycles. The summed E-state index contributed by atoms with van der Waals surface area (Å²) in [5, 5.41) is 5.88. The Kier molecular flexibility index (Phi) is 20.9. The second kappa shape index (κ2) is 21.5. The second-order valence-corrected chi connectivity index (χ2v) is 6.15. The molecule has 1 atom stereocenters. The molecule has 0 heterocycles. The monoisotopic (exact) mass is 392 g/mol. The maximum atomic E-state index is 11.7. The van der Waals surface area contributed by atoms with Crippen molar-refractivity contribution >= 4 is 5.91 Å². The largest absolute Gasteiger partial charge is 0.378 e. The summed E-state index contributed by atoms with van der Waals surface area (Å²) in [5.74, 6) is 0.166. The Morgan fingerprint density at radius 3 is 1.56 bits per heavy atom. The number of amides is 1. The van der Waals surface area contributed by atoms with E-state index < -0.39 is 0 Å². The van der Waals surface area contributed by atoms with Gasteiger partial charge in [0.2, 0.25) is 5.91 Å². The molecule has 0 aromatic carbocycles. The van der Waals surface area contributed by atoms with Crippen LogP contribution < -0.4 is 10.6 Å². The SMILES string of the molecule is CCCC(C)C(=O)NCCOCCOCCOCCOCCOCCNC. The predicted octanol–water partition coefficient (Wildman–Crippen LogP) is 0.841. The number of carbonyl (C=O) groups is 1. The molecular formula is C19H40N2O6. The summed E-state index contributed by atoms with van der Waals surface area (Å²) < 4.78 is 26.9. The molecule has 0 radical (unpaired) electrons. The fourth-order valence-corrected chi connectivity index (χ4v) is 2.14. The van der Waals surface area contributed by atoms with Crippen molar-refractivity contribution < 1.29 is 28.5 Å². The van der Waals surface area contributed by atoms with E-state index in [-0.39, 0.29) is 11.8 Å². The van der Waals surface area contributed by atoms with E-state index in [4.69, 9.17) is 23.7 Å². The minimum atomic E-state index is 0.0698. The zero-order valence-electron chi connectivity index (χ0n) is 17.4. The van der Waals surface area contributed by atoms with Crippen LogP contribution in [0.15, 0.2) is 0 Å².